The molecule has 4 atom stereocenters. The second kappa shape index (κ2) is 4.22. The van der Waals surface area contributed by atoms with Gasteiger partial charge >= 0.3 is 0 Å². The first-order valence-electron chi connectivity index (χ1n) is 7.86. The van der Waals surface area contributed by atoms with Crippen LogP contribution in [0, 0.1) is 11.8 Å². The summed E-state index contributed by atoms with van der Waals surface area (Å²) in [4.78, 5) is 17.2. The van der Waals surface area contributed by atoms with Crippen LogP contribution < -0.4 is 0 Å². The fourth-order valence-electron chi connectivity index (χ4n) is 5.10. The van der Waals surface area contributed by atoms with Gasteiger partial charge in [0.2, 0.25) is 5.91 Å². The molecule has 4 aliphatic heterocycles. The fraction of sp³-hybridized carbons (Fsp3) is 0.933. The van der Waals surface area contributed by atoms with Crippen LogP contribution in [-0.2, 0) is 4.79 Å². The number of fused-ring (bicyclic) bond motifs is 6. The lowest BCUT2D eigenvalue weighted by molar-refractivity contribution is -0.148. The Kier molecular flexibility index (Phi) is 2.65. The van der Waals surface area contributed by atoms with E-state index in [0.717, 1.165) is 37.3 Å². The number of rotatable bonds is 0. The first kappa shape index (κ1) is 11.3. The summed E-state index contributed by atoms with van der Waals surface area (Å²) in [6.45, 7) is 3.66. The molecule has 3 nitrogen and oxygen atoms in total. The van der Waals surface area contributed by atoms with E-state index < -0.39 is 0 Å². The van der Waals surface area contributed by atoms with Crippen molar-refractivity contribution in [3.8, 4) is 0 Å². The molecule has 100 valence electrons. The van der Waals surface area contributed by atoms with Crippen molar-refractivity contribution in [1.29, 1.82) is 0 Å². The normalized spacial score (nSPS) is 44.4. The number of carbonyl (C=O) groups excluding carboxylic acids is 1. The van der Waals surface area contributed by atoms with Gasteiger partial charge in [-0.15, -0.1) is 0 Å². The van der Waals surface area contributed by atoms with Gasteiger partial charge < -0.3 is 4.90 Å². The maximum atomic E-state index is 12.1. The van der Waals surface area contributed by atoms with Crippen molar-refractivity contribution in [2.75, 3.05) is 19.6 Å². The van der Waals surface area contributed by atoms with Crippen LogP contribution in [0.2, 0.25) is 0 Å². The fourth-order valence-corrected chi connectivity index (χ4v) is 5.10. The lowest BCUT2D eigenvalue weighted by Crippen LogP contribution is -2.64. The molecule has 4 aliphatic rings. The molecule has 4 heterocycles. The standard InChI is InChI=1S/C15H24N2O/c18-15-6-3-5-14-11-8-12(10-17(14)15)13-4-1-2-7-16(13)9-11/h11-14H,1-10H2/t11-,12+,13-,14-/m1/s1. The Labute approximate surface area is 110 Å². The average molecular weight is 248 g/mol. The van der Waals surface area contributed by atoms with Gasteiger partial charge in [0.25, 0.3) is 0 Å². The molecule has 4 saturated heterocycles. The number of amides is 1. The smallest absolute Gasteiger partial charge is 0.222 e. The highest BCUT2D eigenvalue weighted by Gasteiger charge is 2.47. The predicted molar refractivity (Wildman–Crippen MR) is 70.2 cm³/mol. The zero-order valence-electron chi connectivity index (χ0n) is 11.2. The van der Waals surface area contributed by atoms with E-state index in [4.69, 9.17) is 0 Å². The molecule has 0 radical (unpaired) electrons. The molecule has 18 heavy (non-hydrogen) atoms. The summed E-state index contributed by atoms with van der Waals surface area (Å²) >= 11 is 0. The van der Waals surface area contributed by atoms with Crippen molar-refractivity contribution in [2.24, 2.45) is 11.8 Å². The third-order valence-corrected chi connectivity index (χ3v) is 5.87. The van der Waals surface area contributed by atoms with Gasteiger partial charge in [-0.2, -0.15) is 0 Å². The predicted octanol–water partition coefficient (Wildman–Crippen LogP) is 1.87. The largest absolute Gasteiger partial charge is 0.339 e. The van der Waals surface area contributed by atoms with Crippen molar-refractivity contribution >= 4 is 5.91 Å². The zero-order chi connectivity index (χ0) is 12.1. The van der Waals surface area contributed by atoms with Gasteiger partial charge in [-0.1, -0.05) is 6.42 Å². The molecule has 3 heteroatoms. The molecule has 0 N–H and O–H groups in total. The Hall–Kier alpha value is -0.570. The number of nitrogens with zero attached hydrogens (tertiary/aromatic N) is 2. The lowest BCUT2D eigenvalue weighted by Gasteiger charge is -2.56. The molecule has 0 unspecified atom stereocenters. The van der Waals surface area contributed by atoms with E-state index in [0.29, 0.717) is 11.9 Å². The van der Waals surface area contributed by atoms with Gasteiger partial charge in [0, 0.05) is 31.6 Å². The van der Waals surface area contributed by atoms with Gasteiger partial charge in [0.05, 0.1) is 0 Å². The minimum absolute atomic E-state index is 0.449. The summed E-state index contributed by atoms with van der Waals surface area (Å²) in [7, 11) is 0. The Bertz CT molecular complexity index is 356. The Morgan fingerprint density at radius 1 is 0.944 bits per heavy atom. The highest BCUT2D eigenvalue weighted by Crippen LogP contribution is 2.42. The van der Waals surface area contributed by atoms with Crippen LogP contribution in [0.25, 0.3) is 0 Å². The number of carbonyl (C=O) groups is 1. The lowest BCUT2D eigenvalue weighted by atomic mass is 9.71. The zero-order valence-corrected chi connectivity index (χ0v) is 11.2. The summed E-state index contributed by atoms with van der Waals surface area (Å²) in [6, 6.07) is 1.39. The SMILES string of the molecule is O=C1CCC[C@@H]2[C@@H]3C[C@@H](CN12)[C@H]1CCCCN1C3. The van der Waals surface area contributed by atoms with E-state index in [2.05, 4.69) is 9.80 Å². The summed E-state index contributed by atoms with van der Waals surface area (Å²) in [6.07, 6.45) is 8.78. The Balaban J connectivity index is 1.59. The first-order chi connectivity index (χ1) is 8.83. The van der Waals surface area contributed by atoms with E-state index in [1.165, 1.54) is 45.2 Å². The molecule has 0 aromatic rings. The quantitative estimate of drug-likeness (QED) is 0.653. The van der Waals surface area contributed by atoms with Gasteiger partial charge in [0.15, 0.2) is 0 Å². The number of hydrogen-bond donors (Lipinski definition) is 0. The summed E-state index contributed by atoms with van der Waals surface area (Å²) in [5, 5.41) is 0. The van der Waals surface area contributed by atoms with Crippen molar-refractivity contribution < 1.29 is 4.79 Å². The Morgan fingerprint density at radius 3 is 2.72 bits per heavy atom. The summed E-state index contributed by atoms with van der Waals surface area (Å²) in [5.41, 5.74) is 0. The topological polar surface area (TPSA) is 23.6 Å². The molecule has 4 fully saturated rings. The summed E-state index contributed by atoms with van der Waals surface area (Å²) < 4.78 is 0. The van der Waals surface area contributed by atoms with Gasteiger partial charge in [-0.3, -0.25) is 9.69 Å². The minimum atomic E-state index is 0.449. The monoisotopic (exact) mass is 248 g/mol. The molecule has 0 aromatic carbocycles. The van der Waals surface area contributed by atoms with Gasteiger partial charge in [0.1, 0.15) is 0 Å². The van der Waals surface area contributed by atoms with Crippen molar-refractivity contribution in [2.45, 2.75) is 57.0 Å². The van der Waals surface area contributed by atoms with E-state index in [9.17, 15) is 4.79 Å². The van der Waals surface area contributed by atoms with Crippen LogP contribution in [-0.4, -0.2) is 47.4 Å². The van der Waals surface area contributed by atoms with Crippen LogP contribution in [0.15, 0.2) is 0 Å². The van der Waals surface area contributed by atoms with E-state index >= 15 is 0 Å². The molecule has 0 aromatic heterocycles. The van der Waals surface area contributed by atoms with Crippen LogP contribution in [0.5, 0.6) is 0 Å². The van der Waals surface area contributed by atoms with Crippen LogP contribution >= 0.6 is 0 Å². The van der Waals surface area contributed by atoms with Crippen molar-refractivity contribution in [3.05, 3.63) is 0 Å². The molecule has 2 bridgehead atoms. The molecule has 1 amide bonds. The Morgan fingerprint density at radius 2 is 1.78 bits per heavy atom. The third kappa shape index (κ3) is 1.63. The maximum Gasteiger partial charge on any atom is 0.222 e. The van der Waals surface area contributed by atoms with Gasteiger partial charge in [-0.05, 0) is 50.5 Å². The molecular formula is C15H24N2O. The first-order valence-corrected chi connectivity index (χ1v) is 7.86. The molecular weight excluding hydrogens is 224 g/mol. The third-order valence-electron chi connectivity index (χ3n) is 5.87. The van der Waals surface area contributed by atoms with E-state index in [1.807, 2.05) is 0 Å². The van der Waals surface area contributed by atoms with Crippen molar-refractivity contribution in [3.63, 3.8) is 0 Å². The van der Waals surface area contributed by atoms with Crippen LogP contribution in [0.1, 0.15) is 44.9 Å². The molecule has 0 aliphatic carbocycles. The second-order valence-corrected chi connectivity index (χ2v) is 6.82. The maximum absolute atomic E-state index is 12.1. The molecule has 0 saturated carbocycles. The minimum Gasteiger partial charge on any atom is -0.339 e. The second-order valence-electron chi connectivity index (χ2n) is 6.82. The molecule has 4 rings (SSSR count). The van der Waals surface area contributed by atoms with Gasteiger partial charge in [-0.25, -0.2) is 0 Å². The number of hydrogen-bond acceptors (Lipinski definition) is 2. The number of piperidine rings is 4. The average Bonchev–Trinajstić information content (AvgIpc) is 2.40. The van der Waals surface area contributed by atoms with Crippen LogP contribution in [0.4, 0.5) is 0 Å². The van der Waals surface area contributed by atoms with E-state index in [-0.39, 0.29) is 0 Å². The molecule has 0 spiro atoms. The van der Waals surface area contributed by atoms with E-state index in [1.54, 1.807) is 0 Å². The highest BCUT2D eigenvalue weighted by atomic mass is 16.2. The van der Waals surface area contributed by atoms with Crippen LogP contribution in [0.3, 0.4) is 0 Å². The highest BCUT2D eigenvalue weighted by molar-refractivity contribution is 5.77. The van der Waals surface area contributed by atoms with Crippen molar-refractivity contribution in [1.82, 2.24) is 9.80 Å². The summed E-state index contributed by atoms with van der Waals surface area (Å²) in [5.74, 6) is 2.01.